The van der Waals surface area contributed by atoms with E-state index in [2.05, 4.69) is 21.6 Å². The number of nitrogens with one attached hydrogen (secondary N) is 1. The molecular weight excluding hydrogens is 319 g/mol. The molecule has 0 spiro atoms. The maximum absolute atomic E-state index is 12.6. The third kappa shape index (κ3) is 5.00. The normalized spacial score (nSPS) is 13.5. The summed E-state index contributed by atoms with van der Waals surface area (Å²) >= 11 is 5.92. The zero-order valence-electron chi connectivity index (χ0n) is 12.0. The van der Waals surface area contributed by atoms with Gasteiger partial charge in [0.2, 0.25) is 0 Å². The largest absolute Gasteiger partial charge is 0.468 e. The molecule has 0 amide bonds. The average molecular weight is 334 g/mol. The molecule has 0 aliphatic heterocycles. The van der Waals surface area contributed by atoms with Crippen molar-refractivity contribution < 1.29 is 17.9 Å². The lowest BCUT2D eigenvalue weighted by molar-refractivity contribution is -0.137. The Balaban J connectivity index is 2.96. The van der Waals surface area contributed by atoms with Crippen molar-refractivity contribution in [2.45, 2.75) is 13.1 Å². The van der Waals surface area contributed by atoms with Gasteiger partial charge in [-0.1, -0.05) is 24.2 Å². The van der Waals surface area contributed by atoms with E-state index < -0.39 is 11.7 Å². The first-order valence-corrected chi connectivity index (χ1v) is 6.41. The van der Waals surface area contributed by atoms with E-state index in [0.717, 1.165) is 12.1 Å². The molecule has 1 aromatic rings. The molecule has 0 aliphatic carbocycles. The van der Waals surface area contributed by atoms with Crippen molar-refractivity contribution >= 4 is 23.3 Å². The number of ether oxygens (including phenoxy) is 1. The molecule has 0 radical (unpaired) electrons. The molecule has 1 rings (SSSR count). The standard InChI is InChI=1S/C14H15ClF3N3O/c1-8(12(15)21-13(19)22-3)9(2)20-11-6-4-5-10(7-11)14(16,17)18/h4-7,20H,2H2,1,3H3,(H2,19,21)/b12-8-. The molecule has 3 N–H and O–H groups in total. The fraction of sp³-hybridized carbons (Fsp3) is 0.214. The maximum atomic E-state index is 12.6. The monoisotopic (exact) mass is 333 g/mol. The predicted molar refractivity (Wildman–Crippen MR) is 81.4 cm³/mol. The van der Waals surface area contributed by atoms with Gasteiger partial charge in [-0.15, -0.1) is 0 Å². The van der Waals surface area contributed by atoms with Crippen LogP contribution in [0, 0.1) is 0 Å². The number of amidine groups is 1. The van der Waals surface area contributed by atoms with Crippen molar-refractivity contribution in [3.8, 4) is 0 Å². The minimum absolute atomic E-state index is 0.0174. The van der Waals surface area contributed by atoms with E-state index in [-0.39, 0.29) is 22.6 Å². The van der Waals surface area contributed by atoms with Gasteiger partial charge in [-0.2, -0.15) is 18.2 Å². The molecule has 0 saturated heterocycles. The summed E-state index contributed by atoms with van der Waals surface area (Å²) in [6.07, 6.45) is -4.42. The Morgan fingerprint density at radius 2 is 2.05 bits per heavy atom. The zero-order chi connectivity index (χ0) is 16.9. The van der Waals surface area contributed by atoms with Gasteiger partial charge in [0.15, 0.2) is 0 Å². The first kappa shape index (κ1) is 17.9. The molecule has 0 atom stereocenters. The Labute approximate surface area is 131 Å². The third-order valence-corrected chi connectivity index (χ3v) is 3.03. The first-order chi connectivity index (χ1) is 10.1. The SMILES string of the molecule is C=C(Nc1cccc(C(F)(F)F)c1)/C(C)=C(/Cl)N=C(N)OC. The van der Waals surface area contributed by atoms with Crippen molar-refractivity contribution in [1.29, 1.82) is 0 Å². The average Bonchev–Trinajstić information content (AvgIpc) is 2.45. The van der Waals surface area contributed by atoms with Gasteiger partial charge in [0.05, 0.1) is 12.7 Å². The molecule has 0 aromatic heterocycles. The van der Waals surface area contributed by atoms with Crippen molar-refractivity contribution in [2.75, 3.05) is 12.4 Å². The van der Waals surface area contributed by atoms with Crippen molar-refractivity contribution in [1.82, 2.24) is 0 Å². The molecule has 120 valence electrons. The zero-order valence-corrected chi connectivity index (χ0v) is 12.7. The van der Waals surface area contributed by atoms with Crippen LogP contribution in [-0.4, -0.2) is 13.1 Å². The Morgan fingerprint density at radius 1 is 1.41 bits per heavy atom. The fourth-order valence-electron chi connectivity index (χ4n) is 1.39. The number of alkyl halides is 3. The molecule has 4 nitrogen and oxygen atoms in total. The number of aliphatic imine (C=N–C) groups is 1. The van der Waals surface area contributed by atoms with Gasteiger partial charge in [0, 0.05) is 17.0 Å². The van der Waals surface area contributed by atoms with Crippen molar-refractivity contribution in [3.05, 3.63) is 52.8 Å². The van der Waals surface area contributed by atoms with Crippen molar-refractivity contribution in [3.63, 3.8) is 0 Å². The number of allylic oxidation sites excluding steroid dienone is 1. The molecule has 0 aliphatic rings. The minimum Gasteiger partial charge on any atom is -0.468 e. The molecule has 8 heteroatoms. The summed E-state index contributed by atoms with van der Waals surface area (Å²) in [5, 5.41) is 2.76. The summed E-state index contributed by atoms with van der Waals surface area (Å²) in [5.41, 5.74) is 5.54. The summed E-state index contributed by atoms with van der Waals surface area (Å²) in [4.78, 5) is 3.75. The van der Waals surface area contributed by atoms with Gasteiger partial charge < -0.3 is 15.8 Å². The molecule has 0 bridgehead atoms. The lowest BCUT2D eigenvalue weighted by Gasteiger charge is -2.13. The van der Waals surface area contributed by atoms with Crippen LogP contribution in [0.1, 0.15) is 12.5 Å². The lowest BCUT2D eigenvalue weighted by Crippen LogP contribution is -2.13. The maximum Gasteiger partial charge on any atom is 0.416 e. The highest BCUT2D eigenvalue weighted by molar-refractivity contribution is 6.30. The molecule has 0 heterocycles. The summed E-state index contributed by atoms with van der Waals surface area (Å²) in [7, 11) is 1.33. The minimum atomic E-state index is -4.42. The highest BCUT2D eigenvalue weighted by atomic mass is 35.5. The number of anilines is 1. The first-order valence-electron chi connectivity index (χ1n) is 6.03. The van der Waals surface area contributed by atoms with E-state index in [1.165, 1.54) is 19.2 Å². The molecule has 1 aromatic carbocycles. The molecule has 22 heavy (non-hydrogen) atoms. The fourth-order valence-corrected chi connectivity index (χ4v) is 1.59. The number of hydrogen-bond acceptors (Lipinski definition) is 3. The second-order valence-corrected chi connectivity index (χ2v) is 4.61. The Hall–Kier alpha value is -2.15. The van der Waals surface area contributed by atoms with E-state index in [4.69, 9.17) is 17.3 Å². The highest BCUT2D eigenvalue weighted by Gasteiger charge is 2.30. The van der Waals surface area contributed by atoms with Crippen LogP contribution in [0.15, 0.2) is 52.3 Å². The second kappa shape index (κ2) is 7.22. The summed E-state index contributed by atoms with van der Waals surface area (Å²) in [5.74, 6) is 0. The number of rotatable bonds is 4. The number of nitrogens with two attached hydrogens (primary N) is 1. The molecule has 0 fully saturated rings. The van der Waals surface area contributed by atoms with E-state index in [1.54, 1.807) is 6.92 Å². The Kier molecular flexibility index (Phi) is 5.87. The smallest absolute Gasteiger partial charge is 0.416 e. The summed E-state index contributed by atoms with van der Waals surface area (Å²) in [6.45, 7) is 5.31. The van der Waals surface area contributed by atoms with E-state index >= 15 is 0 Å². The summed E-state index contributed by atoms with van der Waals surface area (Å²) in [6, 6.07) is 4.58. The van der Waals surface area contributed by atoms with Crippen LogP contribution in [0.25, 0.3) is 0 Å². The summed E-state index contributed by atoms with van der Waals surface area (Å²) < 4.78 is 42.6. The van der Waals surface area contributed by atoms with Gasteiger partial charge >= 0.3 is 6.18 Å². The predicted octanol–water partition coefficient (Wildman–Crippen LogP) is 4.06. The van der Waals surface area contributed by atoms with Crippen LogP contribution in [0.3, 0.4) is 0 Å². The van der Waals surface area contributed by atoms with E-state index in [9.17, 15) is 13.2 Å². The van der Waals surface area contributed by atoms with Crippen LogP contribution in [-0.2, 0) is 10.9 Å². The van der Waals surface area contributed by atoms with E-state index in [0.29, 0.717) is 5.57 Å². The van der Waals surface area contributed by atoms with Crippen molar-refractivity contribution in [2.24, 2.45) is 10.7 Å². The van der Waals surface area contributed by atoms with Crippen LogP contribution < -0.4 is 11.1 Å². The van der Waals surface area contributed by atoms with E-state index in [1.807, 2.05) is 0 Å². The Bertz CT molecular complexity index is 624. The van der Waals surface area contributed by atoms with Gasteiger partial charge in [-0.3, -0.25) is 0 Å². The molecule has 0 unspecified atom stereocenters. The van der Waals surface area contributed by atoms with Gasteiger partial charge in [0.25, 0.3) is 6.02 Å². The highest BCUT2D eigenvalue weighted by Crippen LogP contribution is 2.31. The van der Waals surface area contributed by atoms with Gasteiger partial charge in [0.1, 0.15) is 5.16 Å². The van der Waals surface area contributed by atoms with Crippen LogP contribution in [0.4, 0.5) is 18.9 Å². The van der Waals surface area contributed by atoms with Crippen LogP contribution in [0.2, 0.25) is 0 Å². The third-order valence-electron chi connectivity index (χ3n) is 2.66. The van der Waals surface area contributed by atoms with Crippen LogP contribution in [0.5, 0.6) is 0 Å². The molecule has 0 saturated carbocycles. The van der Waals surface area contributed by atoms with Gasteiger partial charge in [-0.05, 0) is 25.1 Å². The van der Waals surface area contributed by atoms with Crippen LogP contribution >= 0.6 is 11.6 Å². The number of benzene rings is 1. The Morgan fingerprint density at radius 3 is 2.59 bits per heavy atom. The number of methoxy groups -OCH3 is 1. The van der Waals surface area contributed by atoms with Gasteiger partial charge in [-0.25, -0.2) is 0 Å². The lowest BCUT2D eigenvalue weighted by atomic mass is 10.1. The quantitative estimate of drug-likeness (QED) is 0.378. The second-order valence-electron chi connectivity index (χ2n) is 4.25. The molecular formula is C14H15ClF3N3O. The topological polar surface area (TPSA) is 59.6 Å². The number of hydrogen-bond donors (Lipinski definition) is 2. The number of nitrogens with zero attached hydrogens (tertiary/aromatic N) is 1. The number of halogens is 4.